The largest absolute Gasteiger partial charge is 0.394 e. The van der Waals surface area contributed by atoms with Crippen molar-refractivity contribution in [3.05, 3.63) is 97.2 Å². The minimum atomic E-state index is -1.79. The molecule has 2 heterocycles. The molecule has 94 heavy (non-hydrogen) atoms. The van der Waals surface area contributed by atoms with Gasteiger partial charge in [-0.05, 0) is 77.0 Å². The Hall–Kier alpha value is -3.09. The summed E-state index contributed by atoms with van der Waals surface area (Å²) in [6.45, 7) is 2.72. The Morgan fingerprint density at radius 3 is 1.13 bits per heavy atom. The van der Waals surface area contributed by atoms with Crippen LogP contribution in [-0.2, 0) is 23.7 Å². The van der Waals surface area contributed by atoms with E-state index < -0.39 is 86.8 Å². The SMILES string of the molecule is CC/C=C\C/C=C\C/C=C\C/C=C\C/C=C\C/C=C\C/C=C\CCCCCCCCCCCCCCCCCC(=O)NC(COC1OC(CO)C(OC2OC(CO)C(O)C(O)C2O)C(O)C1O)C(O)/C=C/CCCCCCCCCCCCCCCCCCCCCCC. The predicted octanol–water partition coefficient (Wildman–Crippen LogP) is 16.9. The van der Waals surface area contributed by atoms with Gasteiger partial charge in [0.2, 0.25) is 5.91 Å². The van der Waals surface area contributed by atoms with Crippen molar-refractivity contribution in [1.29, 1.82) is 0 Å². The summed E-state index contributed by atoms with van der Waals surface area (Å²) in [5.41, 5.74) is 0. The predicted molar refractivity (Wildman–Crippen MR) is 387 cm³/mol. The number of aliphatic hydroxyl groups excluding tert-OH is 8. The zero-order valence-electron chi connectivity index (χ0n) is 59.4. The summed E-state index contributed by atoms with van der Waals surface area (Å²) in [5.74, 6) is -0.239. The number of hydrogen-bond donors (Lipinski definition) is 9. The first kappa shape index (κ1) is 87.0. The number of carbonyl (C=O) groups is 1. The normalized spacial score (nSPS) is 23.0. The minimum absolute atomic E-state index is 0.239. The second kappa shape index (κ2) is 63.4. The Morgan fingerprint density at radius 2 is 0.734 bits per heavy atom. The lowest BCUT2D eigenvalue weighted by Crippen LogP contribution is -2.65. The zero-order chi connectivity index (χ0) is 68.0. The number of hydrogen-bond acceptors (Lipinski definition) is 13. The van der Waals surface area contributed by atoms with Gasteiger partial charge in [0.1, 0.15) is 48.8 Å². The molecule has 0 spiro atoms. The molecule has 2 saturated heterocycles. The van der Waals surface area contributed by atoms with E-state index in [0.29, 0.717) is 6.42 Å². The van der Waals surface area contributed by atoms with Crippen molar-refractivity contribution < 1.29 is 64.6 Å². The van der Waals surface area contributed by atoms with Crippen molar-refractivity contribution >= 4 is 5.91 Å². The van der Waals surface area contributed by atoms with Crippen LogP contribution in [-0.4, -0.2) is 140 Å². The Bertz CT molecular complexity index is 1950. The van der Waals surface area contributed by atoms with Crippen LogP contribution in [0.4, 0.5) is 0 Å². The molecule has 0 aromatic rings. The summed E-state index contributed by atoms with van der Waals surface area (Å²) in [7, 11) is 0. The second-order valence-corrected chi connectivity index (χ2v) is 26.8. The van der Waals surface area contributed by atoms with E-state index in [1.54, 1.807) is 6.08 Å². The molecule has 9 N–H and O–H groups in total. The average Bonchev–Trinajstić information content (AvgIpc) is 0.794. The van der Waals surface area contributed by atoms with Crippen LogP contribution in [0.25, 0.3) is 0 Å². The number of ether oxygens (including phenoxy) is 4. The third-order valence-corrected chi connectivity index (χ3v) is 18.3. The Kier molecular flexibility index (Phi) is 58.6. The van der Waals surface area contributed by atoms with E-state index in [2.05, 4.69) is 104 Å². The first-order valence-corrected chi connectivity index (χ1v) is 38.5. The van der Waals surface area contributed by atoms with Crippen molar-refractivity contribution in [3.63, 3.8) is 0 Å². The summed E-state index contributed by atoms with van der Waals surface area (Å²) in [6.07, 6.45) is 73.2. The molecule has 12 atom stereocenters. The molecule has 2 aliphatic heterocycles. The Balaban J connectivity index is 1.62. The van der Waals surface area contributed by atoms with Crippen molar-refractivity contribution in [2.75, 3.05) is 19.8 Å². The highest BCUT2D eigenvalue weighted by Gasteiger charge is 2.51. The molecule has 12 unspecified atom stereocenters. The van der Waals surface area contributed by atoms with Gasteiger partial charge in [-0.3, -0.25) is 4.79 Å². The van der Waals surface area contributed by atoms with Crippen molar-refractivity contribution in [2.45, 2.75) is 383 Å². The van der Waals surface area contributed by atoms with E-state index in [1.807, 2.05) is 6.08 Å². The third kappa shape index (κ3) is 46.2. The number of amides is 1. The molecule has 14 nitrogen and oxygen atoms in total. The Labute approximate surface area is 573 Å². The fourth-order valence-electron chi connectivity index (χ4n) is 12.2. The van der Waals surface area contributed by atoms with Gasteiger partial charge in [-0.15, -0.1) is 0 Å². The van der Waals surface area contributed by atoms with Gasteiger partial charge < -0.3 is 65.1 Å². The molecule has 0 bridgehead atoms. The molecule has 2 fully saturated rings. The van der Waals surface area contributed by atoms with E-state index in [9.17, 15) is 45.6 Å². The van der Waals surface area contributed by atoms with Crippen LogP contribution in [0.15, 0.2) is 97.2 Å². The molecular weight excluding hydrogens is 1180 g/mol. The third-order valence-electron chi connectivity index (χ3n) is 18.3. The van der Waals surface area contributed by atoms with Crippen LogP contribution < -0.4 is 5.32 Å². The first-order valence-electron chi connectivity index (χ1n) is 38.5. The molecule has 2 aliphatic rings. The number of unbranched alkanes of at least 4 members (excludes halogenated alkanes) is 36. The van der Waals surface area contributed by atoms with Gasteiger partial charge in [0.25, 0.3) is 0 Å². The van der Waals surface area contributed by atoms with Gasteiger partial charge in [-0.25, -0.2) is 0 Å². The quantitative estimate of drug-likeness (QED) is 0.0204. The standard InChI is InChI=1S/C80H141NO13/c1-3-5-7-9-11-13-15-17-19-21-23-25-27-28-29-30-31-32-33-34-35-36-37-38-39-40-42-44-46-48-50-52-54-56-58-60-62-64-72(85)81-68(67-91-79-77(90)75(88)78(71(66-83)93-79)94-80-76(89)74(87)73(86)70(65-82)92-80)69(84)63-61-59-57-55-53-51-49-47-45-43-41-26-24-22-20-18-16-14-12-10-8-6-4-2/h5,7,11,13,17,19,23,25,28-29,31-32,34-35,61,63,68-71,73-80,82-84,86-90H,3-4,6,8-10,12,14-16,18,20-22,24,26-27,30,33,36-60,62,64-67H2,1-2H3,(H,81,85)/b7-5-,13-11-,19-17-,25-23-,29-28-,32-31-,35-34-,63-61+. The van der Waals surface area contributed by atoms with Gasteiger partial charge in [-0.2, -0.15) is 0 Å². The maximum atomic E-state index is 13.4. The highest BCUT2D eigenvalue weighted by molar-refractivity contribution is 5.76. The maximum absolute atomic E-state index is 13.4. The molecule has 14 heteroatoms. The summed E-state index contributed by atoms with van der Waals surface area (Å²) in [6, 6.07) is -0.921. The van der Waals surface area contributed by atoms with Crippen LogP contribution >= 0.6 is 0 Å². The lowest BCUT2D eigenvalue weighted by atomic mass is 9.97. The summed E-state index contributed by atoms with van der Waals surface area (Å²) >= 11 is 0. The summed E-state index contributed by atoms with van der Waals surface area (Å²) < 4.78 is 22.9. The zero-order valence-corrected chi connectivity index (χ0v) is 59.4. The minimum Gasteiger partial charge on any atom is -0.394 e. The number of rotatable bonds is 63. The van der Waals surface area contributed by atoms with Gasteiger partial charge in [0.05, 0.1) is 32.0 Å². The van der Waals surface area contributed by atoms with E-state index in [-0.39, 0.29) is 18.9 Å². The molecule has 0 aliphatic carbocycles. The highest BCUT2D eigenvalue weighted by Crippen LogP contribution is 2.30. The van der Waals surface area contributed by atoms with Gasteiger partial charge >= 0.3 is 0 Å². The van der Waals surface area contributed by atoms with Crippen LogP contribution in [0.5, 0.6) is 0 Å². The highest BCUT2D eigenvalue weighted by atomic mass is 16.7. The fourth-order valence-corrected chi connectivity index (χ4v) is 12.2. The summed E-state index contributed by atoms with van der Waals surface area (Å²) in [5, 5.41) is 87.6. The molecule has 2 rings (SSSR count). The Morgan fingerprint density at radius 1 is 0.394 bits per heavy atom. The molecule has 1 amide bonds. The molecule has 544 valence electrons. The molecular formula is C80H141NO13. The smallest absolute Gasteiger partial charge is 0.220 e. The van der Waals surface area contributed by atoms with E-state index in [0.717, 1.165) is 83.5 Å². The second-order valence-electron chi connectivity index (χ2n) is 26.8. The van der Waals surface area contributed by atoms with Crippen LogP contribution in [0.1, 0.15) is 309 Å². The molecule has 0 aromatic carbocycles. The van der Waals surface area contributed by atoms with Crippen LogP contribution in [0.3, 0.4) is 0 Å². The monoisotopic (exact) mass is 1320 g/mol. The number of aliphatic hydroxyl groups is 8. The number of carbonyl (C=O) groups excluding carboxylic acids is 1. The van der Waals surface area contributed by atoms with Crippen LogP contribution in [0, 0.1) is 0 Å². The maximum Gasteiger partial charge on any atom is 0.220 e. The summed E-state index contributed by atoms with van der Waals surface area (Å²) in [4.78, 5) is 13.4. The van der Waals surface area contributed by atoms with E-state index >= 15 is 0 Å². The lowest BCUT2D eigenvalue weighted by molar-refractivity contribution is -0.359. The van der Waals surface area contributed by atoms with E-state index in [1.165, 1.54) is 199 Å². The van der Waals surface area contributed by atoms with Gasteiger partial charge in [0.15, 0.2) is 12.6 Å². The number of allylic oxidation sites excluding steroid dienone is 15. The van der Waals surface area contributed by atoms with Gasteiger partial charge in [-0.1, -0.05) is 323 Å². The van der Waals surface area contributed by atoms with E-state index in [4.69, 9.17) is 18.9 Å². The topological polar surface area (TPSA) is 228 Å². The number of nitrogens with one attached hydrogen (secondary N) is 1. The van der Waals surface area contributed by atoms with Crippen molar-refractivity contribution in [2.24, 2.45) is 0 Å². The van der Waals surface area contributed by atoms with Crippen molar-refractivity contribution in [1.82, 2.24) is 5.32 Å². The molecule has 0 saturated carbocycles. The fraction of sp³-hybridized carbons (Fsp3) is 0.787. The van der Waals surface area contributed by atoms with Gasteiger partial charge in [0, 0.05) is 6.42 Å². The average molecular weight is 1330 g/mol. The molecule has 0 radical (unpaired) electrons. The lowest BCUT2D eigenvalue weighted by Gasteiger charge is -2.46. The first-order chi connectivity index (χ1) is 46.1. The van der Waals surface area contributed by atoms with Crippen LogP contribution in [0.2, 0.25) is 0 Å². The van der Waals surface area contributed by atoms with Crippen molar-refractivity contribution in [3.8, 4) is 0 Å². The molecule has 0 aromatic heterocycles.